The largest absolute Gasteiger partial charge is 0.392 e. The molecule has 0 radical (unpaired) electrons. The zero-order valence-electron chi connectivity index (χ0n) is 22.0. The van der Waals surface area contributed by atoms with Crippen LogP contribution in [0.5, 0.6) is 0 Å². The highest BCUT2D eigenvalue weighted by Gasteiger charge is 2.55. The lowest BCUT2D eigenvalue weighted by atomic mass is 10.0. The predicted octanol–water partition coefficient (Wildman–Crippen LogP) is 1.94. The maximum Gasteiger partial charge on any atom is 0.274 e. The number of amides is 2. The number of fused-ring (bicyclic) bond motifs is 1. The molecule has 0 bridgehead atoms. The highest BCUT2D eigenvalue weighted by Crippen LogP contribution is 2.45. The number of aromatic nitrogens is 2. The number of nitrogens with zero attached hydrogens (tertiary/aromatic N) is 4. The SMILES string of the molecule is C[n+]1cccc(-c2csc(C3=C(C(=O)S)N4C(=O)[C@@H](NC(=O)C(=NOC5CCCC5)C5(N)NC=CS5)[C@H]4SC3)n2)c1. The Balaban J connectivity index is 1.22. The van der Waals surface area contributed by atoms with Gasteiger partial charge in [-0.3, -0.25) is 25.0 Å². The van der Waals surface area contributed by atoms with Gasteiger partial charge in [-0.15, -0.1) is 23.1 Å². The van der Waals surface area contributed by atoms with Crippen LogP contribution < -0.4 is 20.9 Å². The van der Waals surface area contributed by atoms with Crippen molar-refractivity contribution >= 4 is 75.7 Å². The number of β-lactam (4-membered cyclic amide) rings is 1. The van der Waals surface area contributed by atoms with Crippen LogP contribution in [0.4, 0.5) is 0 Å². The number of rotatable bonds is 8. The van der Waals surface area contributed by atoms with E-state index in [2.05, 4.69) is 28.4 Å². The second kappa shape index (κ2) is 11.4. The summed E-state index contributed by atoms with van der Waals surface area (Å²) in [6, 6.07) is 3.03. The third-order valence-corrected chi connectivity index (χ3v) is 10.6. The van der Waals surface area contributed by atoms with Crippen LogP contribution in [0.2, 0.25) is 0 Å². The van der Waals surface area contributed by atoms with Crippen molar-refractivity contribution in [2.24, 2.45) is 17.9 Å². The van der Waals surface area contributed by atoms with Gasteiger partial charge < -0.3 is 15.5 Å². The lowest BCUT2D eigenvalue weighted by molar-refractivity contribution is -0.671. The quantitative estimate of drug-likeness (QED) is 0.113. The molecule has 15 heteroatoms. The van der Waals surface area contributed by atoms with Crippen molar-refractivity contribution in [3.63, 3.8) is 0 Å². The summed E-state index contributed by atoms with van der Waals surface area (Å²) in [6.45, 7) is 0. The number of nitrogens with one attached hydrogen (secondary N) is 2. The fraction of sp³-hybridized carbons (Fsp3) is 0.385. The van der Waals surface area contributed by atoms with E-state index < -0.39 is 33.3 Å². The molecule has 4 aliphatic rings. The molecule has 2 aromatic heterocycles. The van der Waals surface area contributed by atoms with Gasteiger partial charge in [0.2, 0.25) is 5.12 Å². The number of thioether (sulfide) groups is 2. The van der Waals surface area contributed by atoms with Crippen molar-refractivity contribution < 1.29 is 23.8 Å². The first-order chi connectivity index (χ1) is 19.7. The van der Waals surface area contributed by atoms with Gasteiger partial charge >= 0.3 is 0 Å². The van der Waals surface area contributed by atoms with E-state index in [0.717, 1.165) is 36.9 Å². The first-order valence-electron chi connectivity index (χ1n) is 13.0. The summed E-state index contributed by atoms with van der Waals surface area (Å²) in [4.78, 5) is 50.1. The number of hydrogen-bond donors (Lipinski definition) is 4. The van der Waals surface area contributed by atoms with Crippen molar-refractivity contribution in [1.82, 2.24) is 20.5 Å². The molecule has 11 nitrogen and oxygen atoms in total. The number of aryl methyl sites for hydroxylation is 1. The molecule has 1 unspecified atom stereocenters. The Labute approximate surface area is 254 Å². The highest BCUT2D eigenvalue weighted by atomic mass is 32.2. The van der Waals surface area contributed by atoms with Gasteiger partial charge in [-0.1, -0.05) is 29.5 Å². The Bertz CT molecular complexity index is 1490. The summed E-state index contributed by atoms with van der Waals surface area (Å²) in [5, 5.41) is 13.2. The van der Waals surface area contributed by atoms with Crippen molar-refractivity contribution in [3.8, 4) is 11.3 Å². The van der Waals surface area contributed by atoms with Crippen LogP contribution in [0, 0.1) is 0 Å². The third-order valence-electron chi connectivity index (χ3n) is 7.24. The second-order valence-corrected chi connectivity index (χ2v) is 13.6. The molecule has 3 aliphatic heterocycles. The molecule has 2 amide bonds. The summed E-state index contributed by atoms with van der Waals surface area (Å²) in [6.07, 6.45) is 9.28. The average molecular weight is 631 g/mol. The van der Waals surface area contributed by atoms with Gasteiger partial charge in [0.1, 0.15) is 35.3 Å². The van der Waals surface area contributed by atoms with Gasteiger partial charge in [0.25, 0.3) is 11.8 Å². The monoisotopic (exact) mass is 630 g/mol. The first kappa shape index (κ1) is 28.3. The Morgan fingerprint density at radius 1 is 1.37 bits per heavy atom. The molecule has 0 aromatic carbocycles. The number of pyridine rings is 1. The molecule has 1 aliphatic carbocycles. The van der Waals surface area contributed by atoms with Crippen LogP contribution in [0.3, 0.4) is 0 Å². The summed E-state index contributed by atoms with van der Waals surface area (Å²) < 4.78 is 1.94. The molecule has 1 saturated carbocycles. The molecule has 41 heavy (non-hydrogen) atoms. The van der Waals surface area contributed by atoms with Crippen molar-refractivity contribution in [3.05, 3.63) is 52.2 Å². The van der Waals surface area contributed by atoms with Crippen LogP contribution in [0.25, 0.3) is 16.8 Å². The van der Waals surface area contributed by atoms with Crippen LogP contribution in [0.15, 0.2) is 52.4 Å². The second-order valence-electron chi connectivity index (χ2n) is 10.0. The van der Waals surface area contributed by atoms with E-state index in [-0.39, 0.29) is 17.5 Å². The average Bonchev–Trinajstić information content (AvgIpc) is 3.74. The summed E-state index contributed by atoms with van der Waals surface area (Å²) in [7, 11) is 1.93. The number of oxime groups is 1. The van der Waals surface area contributed by atoms with Gasteiger partial charge in [-0.25, -0.2) is 9.55 Å². The molecule has 6 rings (SSSR count). The van der Waals surface area contributed by atoms with E-state index in [1.54, 1.807) is 11.6 Å². The molecular weight excluding hydrogens is 603 g/mol. The Morgan fingerprint density at radius 2 is 2.17 bits per heavy atom. The number of nitrogens with two attached hydrogens (primary N) is 1. The fourth-order valence-electron chi connectivity index (χ4n) is 5.13. The van der Waals surface area contributed by atoms with E-state index in [9.17, 15) is 14.4 Å². The van der Waals surface area contributed by atoms with E-state index in [1.165, 1.54) is 39.8 Å². The highest BCUT2D eigenvalue weighted by molar-refractivity contribution is 8.04. The van der Waals surface area contributed by atoms with Gasteiger partial charge in [0.05, 0.1) is 11.3 Å². The molecule has 2 aromatic rings. The number of thiol groups is 1. The summed E-state index contributed by atoms with van der Waals surface area (Å²) >= 11 is 8.15. The zero-order chi connectivity index (χ0) is 28.7. The normalized spacial score (nSPS) is 26.1. The minimum Gasteiger partial charge on any atom is -0.392 e. The number of hydrogen-bond acceptors (Lipinski definition) is 11. The van der Waals surface area contributed by atoms with Crippen molar-refractivity contribution in [2.45, 2.75) is 48.2 Å². The minimum atomic E-state index is -1.33. The molecule has 0 spiro atoms. The minimum absolute atomic E-state index is 0.0576. The van der Waals surface area contributed by atoms with Gasteiger partial charge in [-0.2, -0.15) is 0 Å². The van der Waals surface area contributed by atoms with E-state index in [0.29, 0.717) is 16.3 Å². The molecule has 4 N–H and O–H groups in total. The number of carbonyl (C=O) groups excluding carboxylic acids is 3. The molecule has 5 heterocycles. The van der Waals surface area contributed by atoms with E-state index in [4.69, 9.17) is 15.6 Å². The Hall–Kier alpha value is -2.85. The van der Waals surface area contributed by atoms with Crippen LogP contribution in [-0.4, -0.2) is 60.8 Å². The van der Waals surface area contributed by atoms with Crippen LogP contribution in [0.1, 0.15) is 30.7 Å². The summed E-state index contributed by atoms with van der Waals surface area (Å²) in [5.74, 6) is -0.599. The standard InChI is InChI=1S/C26H27N7O4S4/c1-32-9-4-5-14(11-32)17-13-39-22(29-17)16-12-40-24-18(23(35)33(24)19(16)25(36)38)30-21(34)20(26(27)28-8-10-41-26)31-37-15-6-2-3-7-15/h4-5,8-11,13,15,18,24,28H,2-3,6-7,12,27H2,1H3,(H-,30,34,36,38)/p+1/t18-,24-,26?/m1/s1. The maximum atomic E-state index is 13.5. The van der Waals surface area contributed by atoms with Crippen LogP contribution >= 0.6 is 47.5 Å². The van der Waals surface area contributed by atoms with Crippen molar-refractivity contribution in [1.29, 1.82) is 0 Å². The third kappa shape index (κ3) is 5.41. The number of thiazole rings is 1. The topological polar surface area (TPSA) is 143 Å². The van der Waals surface area contributed by atoms with Gasteiger partial charge in [-0.05, 0) is 37.2 Å². The van der Waals surface area contributed by atoms with Crippen molar-refractivity contribution in [2.75, 3.05) is 5.75 Å². The molecule has 1 saturated heterocycles. The predicted molar refractivity (Wildman–Crippen MR) is 162 cm³/mol. The van der Waals surface area contributed by atoms with E-state index in [1.807, 2.05) is 41.5 Å². The van der Waals surface area contributed by atoms with Gasteiger partial charge in [0.15, 0.2) is 23.1 Å². The lowest BCUT2D eigenvalue weighted by Gasteiger charge is -2.49. The Morgan fingerprint density at radius 3 is 2.88 bits per heavy atom. The number of carbonyl (C=O) groups is 3. The van der Waals surface area contributed by atoms with E-state index >= 15 is 0 Å². The lowest BCUT2D eigenvalue weighted by Crippen LogP contribution is -2.72. The molecular formula is C26H28N7O4S4+. The summed E-state index contributed by atoms with van der Waals surface area (Å²) in [5.41, 5.74) is 8.94. The molecule has 3 atom stereocenters. The smallest absolute Gasteiger partial charge is 0.274 e. The van der Waals surface area contributed by atoms with Gasteiger partial charge in [0, 0.05) is 29.0 Å². The Kier molecular flexibility index (Phi) is 7.89. The fourth-order valence-corrected chi connectivity index (χ4v) is 8.42. The maximum absolute atomic E-state index is 13.5. The first-order valence-corrected chi connectivity index (χ1v) is 16.3. The molecule has 2 fully saturated rings. The van der Waals surface area contributed by atoms with Crippen LogP contribution in [-0.2, 0) is 26.3 Å². The zero-order valence-corrected chi connectivity index (χ0v) is 25.3. The molecule has 214 valence electrons.